The van der Waals surface area contributed by atoms with E-state index in [0.717, 1.165) is 25.0 Å². The Kier molecular flexibility index (Phi) is 7.37. The molecule has 0 aromatic carbocycles. The fourth-order valence-electron chi connectivity index (χ4n) is 4.47. The first-order valence-electron chi connectivity index (χ1n) is 9.21. The molecule has 2 unspecified atom stereocenters. The third-order valence-electron chi connectivity index (χ3n) is 5.43. The van der Waals surface area contributed by atoms with Crippen molar-refractivity contribution < 1.29 is 4.74 Å². The van der Waals surface area contributed by atoms with E-state index < -0.39 is 0 Å². The molecule has 2 atom stereocenters. The van der Waals surface area contributed by atoms with Crippen molar-refractivity contribution in [1.29, 1.82) is 0 Å². The molecule has 118 valence electrons. The Morgan fingerprint density at radius 2 is 1.40 bits per heavy atom. The second-order valence-electron chi connectivity index (χ2n) is 6.80. The van der Waals surface area contributed by atoms with Crippen molar-refractivity contribution in [3.05, 3.63) is 0 Å². The van der Waals surface area contributed by atoms with Crippen LogP contribution in [-0.4, -0.2) is 25.3 Å². The lowest BCUT2D eigenvalue weighted by Crippen LogP contribution is -2.50. The van der Waals surface area contributed by atoms with E-state index in [9.17, 15) is 0 Å². The lowest BCUT2D eigenvalue weighted by molar-refractivity contribution is -0.0350. The van der Waals surface area contributed by atoms with Crippen molar-refractivity contribution in [2.45, 2.75) is 90.2 Å². The van der Waals surface area contributed by atoms with Gasteiger partial charge in [0.25, 0.3) is 0 Å². The van der Waals surface area contributed by atoms with Crippen LogP contribution in [0.4, 0.5) is 0 Å². The molecule has 0 amide bonds. The average Bonchev–Trinajstić information content (AvgIpc) is 2.52. The van der Waals surface area contributed by atoms with Crippen molar-refractivity contribution in [3.63, 3.8) is 0 Å². The van der Waals surface area contributed by atoms with E-state index in [1.165, 1.54) is 64.2 Å². The van der Waals surface area contributed by atoms with Gasteiger partial charge in [0, 0.05) is 12.6 Å². The monoisotopic (exact) mass is 281 g/mol. The summed E-state index contributed by atoms with van der Waals surface area (Å²) in [7, 11) is 0. The van der Waals surface area contributed by atoms with E-state index in [-0.39, 0.29) is 0 Å². The Morgan fingerprint density at radius 1 is 0.850 bits per heavy atom. The Balaban J connectivity index is 2.03. The largest absolute Gasteiger partial charge is 0.377 e. The molecule has 2 saturated carbocycles. The van der Waals surface area contributed by atoms with Crippen molar-refractivity contribution >= 4 is 0 Å². The molecule has 2 rings (SSSR count). The van der Waals surface area contributed by atoms with E-state index in [4.69, 9.17) is 4.74 Å². The summed E-state index contributed by atoms with van der Waals surface area (Å²) in [6, 6.07) is 0.600. The number of likely N-dealkylation sites (N-methyl/N-ethyl adjacent to an activating group) is 1. The number of nitrogens with one attached hydrogen (secondary N) is 1. The van der Waals surface area contributed by atoms with E-state index in [1.807, 2.05) is 0 Å². The predicted octanol–water partition coefficient (Wildman–Crippen LogP) is 4.53. The minimum atomic E-state index is 0.461. The molecule has 2 fully saturated rings. The maximum atomic E-state index is 6.29. The van der Waals surface area contributed by atoms with Crippen molar-refractivity contribution in [1.82, 2.24) is 5.32 Å². The molecule has 0 bridgehead atoms. The smallest absolute Gasteiger partial charge is 0.0758 e. The van der Waals surface area contributed by atoms with Crippen LogP contribution in [0.5, 0.6) is 0 Å². The van der Waals surface area contributed by atoms with Crippen molar-refractivity contribution in [2.24, 2.45) is 11.8 Å². The number of hydrogen-bond acceptors (Lipinski definition) is 2. The highest BCUT2D eigenvalue weighted by Crippen LogP contribution is 2.35. The van der Waals surface area contributed by atoms with Gasteiger partial charge >= 0.3 is 0 Å². The van der Waals surface area contributed by atoms with Crippen LogP contribution in [0.2, 0.25) is 0 Å². The number of ether oxygens (including phenoxy) is 1. The molecule has 2 nitrogen and oxygen atoms in total. The summed E-state index contributed by atoms with van der Waals surface area (Å²) < 4.78 is 6.29. The molecule has 2 aliphatic rings. The molecular formula is C18H35NO. The van der Waals surface area contributed by atoms with E-state index in [2.05, 4.69) is 19.2 Å². The van der Waals surface area contributed by atoms with Crippen LogP contribution >= 0.6 is 0 Å². The molecule has 0 aliphatic heterocycles. The quantitative estimate of drug-likeness (QED) is 0.740. The van der Waals surface area contributed by atoms with Crippen LogP contribution < -0.4 is 5.32 Å². The van der Waals surface area contributed by atoms with Gasteiger partial charge in [-0.15, -0.1) is 0 Å². The van der Waals surface area contributed by atoms with Gasteiger partial charge < -0.3 is 10.1 Å². The molecule has 0 heterocycles. The molecule has 0 aromatic heterocycles. The standard InChI is InChI=1S/C18H35NO/c1-3-19-17(15-11-7-5-8-12-15)18(20-4-2)16-13-9-6-10-14-16/h15-19H,3-14H2,1-2H3. The summed E-state index contributed by atoms with van der Waals surface area (Å²) in [6.07, 6.45) is 14.6. The molecule has 1 N–H and O–H groups in total. The highest BCUT2D eigenvalue weighted by atomic mass is 16.5. The lowest BCUT2D eigenvalue weighted by Gasteiger charge is -2.41. The van der Waals surface area contributed by atoms with Crippen molar-refractivity contribution in [2.75, 3.05) is 13.2 Å². The van der Waals surface area contributed by atoms with Gasteiger partial charge in [0.15, 0.2) is 0 Å². The second-order valence-corrected chi connectivity index (χ2v) is 6.80. The summed E-state index contributed by atoms with van der Waals surface area (Å²) in [5.41, 5.74) is 0. The van der Waals surface area contributed by atoms with Crippen LogP contribution in [0.1, 0.15) is 78.1 Å². The second kappa shape index (κ2) is 9.04. The summed E-state index contributed by atoms with van der Waals surface area (Å²) in [5, 5.41) is 3.81. The normalized spacial score (nSPS) is 25.5. The van der Waals surface area contributed by atoms with Gasteiger partial charge in [0.05, 0.1) is 6.10 Å². The van der Waals surface area contributed by atoms with Gasteiger partial charge in [-0.2, -0.15) is 0 Å². The van der Waals surface area contributed by atoms with Crippen LogP contribution in [-0.2, 0) is 4.74 Å². The molecule has 2 aliphatic carbocycles. The Labute approximate surface area is 126 Å². The van der Waals surface area contributed by atoms with Crippen molar-refractivity contribution in [3.8, 4) is 0 Å². The topological polar surface area (TPSA) is 21.3 Å². The maximum absolute atomic E-state index is 6.29. The zero-order valence-electron chi connectivity index (χ0n) is 13.7. The number of rotatable bonds is 7. The zero-order valence-corrected chi connectivity index (χ0v) is 13.7. The van der Waals surface area contributed by atoms with Crippen LogP contribution in [0, 0.1) is 11.8 Å². The third kappa shape index (κ3) is 4.46. The molecular weight excluding hydrogens is 246 g/mol. The minimum Gasteiger partial charge on any atom is -0.377 e. The Morgan fingerprint density at radius 3 is 1.90 bits per heavy atom. The van der Waals surface area contributed by atoms with Gasteiger partial charge in [0.2, 0.25) is 0 Å². The molecule has 20 heavy (non-hydrogen) atoms. The number of hydrogen-bond donors (Lipinski definition) is 1. The molecule has 0 aromatic rings. The molecule has 0 spiro atoms. The van der Waals surface area contributed by atoms with Gasteiger partial charge in [-0.05, 0) is 51.0 Å². The first-order valence-corrected chi connectivity index (χ1v) is 9.21. The molecule has 2 heteroatoms. The minimum absolute atomic E-state index is 0.461. The highest BCUT2D eigenvalue weighted by Gasteiger charge is 2.35. The Hall–Kier alpha value is -0.0800. The summed E-state index contributed by atoms with van der Waals surface area (Å²) in [6.45, 7) is 6.37. The fraction of sp³-hybridized carbons (Fsp3) is 1.00. The highest BCUT2D eigenvalue weighted by molar-refractivity contribution is 4.90. The average molecular weight is 281 g/mol. The maximum Gasteiger partial charge on any atom is 0.0758 e. The van der Waals surface area contributed by atoms with Crippen LogP contribution in [0.15, 0.2) is 0 Å². The zero-order chi connectivity index (χ0) is 14.2. The van der Waals surface area contributed by atoms with E-state index in [0.29, 0.717) is 12.1 Å². The van der Waals surface area contributed by atoms with Gasteiger partial charge in [-0.1, -0.05) is 45.4 Å². The third-order valence-corrected chi connectivity index (χ3v) is 5.43. The summed E-state index contributed by atoms with van der Waals surface area (Å²) in [5.74, 6) is 1.65. The lowest BCUT2D eigenvalue weighted by atomic mass is 9.75. The Bertz CT molecular complexity index is 218. The SMILES string of the molecule is CCNC(C1CCCCC1)C(OCC)C1CCCCC1. The van der Waals surface area contributed by atoms with Gasteiger partial charge in [0.1, 0.15) is 0 Å². The fourth-order valence-corrected chi connectivity index (χ4v) is 4.47. The van der Waals surface area contributed by atoms with Crippen LogP contribution in [0.3, 0.4) is 0 Å². The van der Waals surface area contributed by atoms with E-state index >= 15 is 0 Å². The molecule has 0 radical (unpaired) electrons. The first-order chi connectivity index (χ1) is 9.86. The predicted molar refractivity (Wildman–Crippen MR) is 86.0 cm³/mol. The van der Waals surface area contributed by atoms with Gasteiger partial charge in [-0.25, -0.2) is 0 Å². The van der Waals surface area contributed by atoms with E-state index in [1.54, 1.807) is 0 Å². The first kappa shape index (κ1) is 16.3. The van der Waals surface area contributed by atoms with Gasteiger partial charge in [-0.3, -0.25) is 0 Å². The van der Waals surface area contributed by atoms with Crippen LogP contribution in [0.25, 0.3) is 0 Å². The molecule has 0 saturated heterocycles. The summed E-state index contributed by atoms with van der Waals surface area (Å²) >= 11 is 0. The summed E-state index contributed by atoms with van der Waals surface area (Å²) in [4.78, 5) is 0.